The van der Waals surface area contributed by atoms with Gasteiger partial charge >= 0.3 is 0 Å². The van der Waals surface area contributed by atoms with Gasteiger partial charge in [0.15, 0.2) is 0 Å². The van der Waals surface area contributed by atoms with Crippen molar-refractivity contribution in [1.29, 1.82) is 0 Å². The fraction of sp³-hybridized carbons (Fsp3) is 0.308. The second-order valence-electron chi connectivity index (χ2n) is 4.35. The zero-order valence-corrected chi connectivity index (χ0v) is 10.8. The molecule has 0 atom stereocenters. The van der Waals surface area contributed by atoms with E-state index in [1.165, 1.54) is 5.56 Å². The Morgan fingerprint density at radius 2 is 2.32 bits per heavy atom. The molecular weight excluding hydrogens is 240 g/mol. The third kappa shape index (κ3) is 2.34. The number of H-pyrrole nitrogens is 1. The van der Waals surface area contributed by atoms with Crippen molar-refractivity contribution in [2.24, 2.45) is 0 Å². The lowest BCUT2D eigenvalue weighted by atomic mass is 10.2. The van der Waals surface area contributed by atoms with E-state index in [0.29, 0.717) is 6.54 Å². The van der Waals surface area contributed by atoms with E-state index in [4.69, 9.17) is 0 Å². The maximum Gasteiger partial charge on any atom is 0.146 e. The minimum absolute atomic E-state index is 0.709. The van der Waals surface area contributed by atoms with Crippen LogP contribution in [0.5, 0.6) is 0 Å². The first-order valence-corrected chi connectivity index (χ1v) is 6.37. The number of hydrogen-bond acceptors (Lipinski definition) is 4. The number of nitrogens with one attached hydrogen (secondary N) is 2. The lowest BCUT2D eigenvalue weighted by molar-refractivity contribution is 0.614. The molecule has 19 heavy (non-hydrogen) atoms. The van der Waals surface area contributed by atoms with Crippen molar-refractivity contribution >= 4 is 11.0 Å². The van der Waals surface area contributed by atoms with Gasteiger partial charge in [-0.2, -0.15) is 0 Å². The molecular formula is C13H16N6. The van der Waals surface area contributed by atoms with Crippen LogP contribution in [-0.2, 0) is 19.6 Å². The van der Waals surface area contributed by atoms with Crippen molar-refractivity contribution in [3.05, 3.63) is 42.2 Å². The number of hydrogen-bond donors (Lipinski definition) is 2. The van der Waals surface area contributed by atoms with Crippen molar-refractivity contribution in [1.82, 2.24) is 30.0 Å². The molecule has 3 heterocycles. The zero-order chi connectivity index (χ0) is 13.1. The van der Waals surface area contributed by atoms with Crippen molar-refractivity contribution < 1.29 is 0 Å². The summed E-state index contributed by atoms with van der Waals surface area (Å²) >= 11 is 0. The SMILES string of the molecule is CCn1cnnc1CNCc1c[nH]c2ncccc12. The van der Waals surface area contributed by atoms with Gasteiger partial charge in [0, 0.05) is 30.9 Å². The third-order valence-corrected chi connectivity index (χ3v) is 3.17. The van der Waals surface area contributed by atoms with Crippen molar-refractivity contribution in [2.75, 3.05) is 0 Å². The van der Waals surface area contributed by atoms with Gasteiger partial charge in [0.1, 0.15) is 17.8 Å². The van der Waals surface area contributed by atoms with E-state index in [2.05, 4.69) is 38.5 Å². The summed E-state index contributed by atoms with van der Waals surface area (Å²) in [6, 6.07) is 4.03. The Balaban J connectivity index is 1.67. The van der Waals surface area contributed by atoms with E-state index in [9.17, 15) is 0 Å². The van der Waals surface area contributed by atoms with Crippen molar-refractivity contribution in [2.45, 2.75) is 26.6 Å². The van der Waals surface area contributed by atoms with Gasteiger partial charge in [0.2, 0.25) is 0 Å². The first kappa shape index (κ1) is 11.9. The molecule has 0 spiro atoms. The van der Waals surface area contributed by atoms with E-state index < -0.39 is 0 Å². The minimum Gasteiger partial charge on any atom is -0.346 e. The molecule has 0 fully saturated rings. The average molecular weight is 256 g/mol. The number of nitrogens with zero attached hydrogens (tertiary/aromatic N) is 4. The zero-order valence-electron chi connectivity index (χ0n) is 10.8. The number of rotatable bonds is 5. The average Bonchev–Trinajstić information content (AvgIpc) is 3.06. The smallest absolute Gasteiger partial charge is 0.146 e. The number of aromatic amines is 1. The number of fused-ring (bicyclic) bond motifs is 1. The van der Waals surface area contributed by atoms with Gasteiger partial charge in [-0.25, -0.2) is 4.98 Å². The Morgan fingerprint density at radius 3 is 3.21 bits per heavy atom. The molecule has 3 aromatic rings. The number of aryl methyl sites for hydroxylation is 1. The highest BCUT2D eigenvalue weighted by Crippen LogP contribution is 2.15. The molecule has 0 aliphatic carbocycles. The Kier molecular flexibility index (Phi) is 3.24. The molecule has 0 amide bonds. The van der Waals surface area contributed by atoms with Crippen LogP contribution < -0.4 is 5.32 Å². The summed E-state index contributed by atoms with van der Waals surface area (Å²) in [5.74, 6) is 0.959. The molecule has 0 aliphatic rings. The number of pyridine rings is 1. The largest absolute Gasteiger partial charge is 0.346 e. The predicted octanol–water partition coefficient (Wildman–Crippen LogP) is 1.46. The molecule has 0 aromatic carbocycles. The van der Waals surface area contributed by atoms with Crippen LogP contribution in [0.15, 0.2) is 30.9 Å². The van der Waals surface area contributed by atoms with E-state index in [1.807, 2.05) is 16.8 Å². The Morgan fingerprint density at radius 1 is 1.37 bits per heavy atom. The van der Waals surface area contributed by atoms with Crippen LogP contribution in [0.4, 0.5) is 0 Å². The molecule has 3 rings (SSSR count). The van der Waals surface area contributed by atoms with Gasteiger partial charge < -0.3 is 14.9 Å². The van der Waals surface area contributed by atoms with Crippen LogP contribution in [-0.4, -0.2) is 24.7 Å². The van der Waals surface area contributed by atoms with Gasteiger partial charge in [-0.1, -0.05) is 0 Å². The van der Waals surface area contributed by atoms with Gasteiger partial charge in [-0.15, -0.1) is 10.2 Å². The first-order chi connectivity index (χ1) is 9.38. The third-order valence-electron chi connectivity index (χ3n) is 3.17. The molecule has 0 saturated heterocycles. The summed E-state index contributed by atoms with van der Waals surface area (Å²) in [4.78, 5) is 7.45. The topological polar surface area (TPSA) is 71.4 Å². The first-order valence-electron chi connectivity index (χ1n) is 6.37. The lowest BCUT2D eigenvalue weighted by Gasteiger charge is -2.04. The van der Waals surface area contributed by atoms with E-state index >= 15 is 0 Å². The lowest BCUT2D eigenvalue weighted by Crippen LogP contribution is -2.16. The molecule has 0 unspecified atom stereocenters. The summed E-state index contributed by atoms with van der Waals surface area (Å²) in [6.45, 7) is 4.46. The highest BCUT2D eigenvalue weighted by Gasteiger charge is 2.05. The fourth-order valence-corrected chi connectivity index (χ4v) is 2.15. The Hall–Kier alpha value is -2.21. The Bertz CT molecular complexity index is 668. The van der Waals surface area contributed by atoms with Crippen LogP contribution in [0.25, 0.3) is 11.0 Å². The van der Waals surface area contributed by atoms with Gasteiger partial charge in [0.25, 0.3) is 0 Å². The molecule has 98 valence electrons. The summed E-state index contributed by atoms with van der Waals surface area (Å²) in [5.41, 5.74) is 2.14. The maximum absolute atomic E-state index is 4.28. The molecule has 6 nitrogen and oxygen atoms in total. The maximum atomic E-state index is 4.28. The standard InChI is InChI=1S/C13H16N6/c1-2-19-9-17-18-12(19)8-14-6-10-7-16-13-11(10)4-3-5-15-13/h3-5,7,9,14H,2,6,8H2,1H3,(H,15,16). The summed E-state index contributed by atoms with van der Waals surface area (Å²) in [7, 11) is 0. The van der Waals surface area contributed by atoms with E-state index in [0.717, 1.165) is 29.9 Å². The fourth-order valence-electron chi connectivity index (χ4n) is 2.15. The molecule has 0 bridgehead atoms. The van der Waals surface area contributed by atoms with Crippen LogP contribution in [0, 0.1) is 0 Å². The second kappa shape index (κ2) is 5.19. The van der Waals surface area contributed by atoms with Crippen molar-refractivity contribution in [3.8, 4) is 0 Å². The molecule has 3 aromatic heterocycles. The summed E-state index contributed by atoms with van der Waals surface area (Å²) < 4.78 is 2.03. The highest BCUT2D eigenvalue weighted by atomic mass is 15.3. The van der Waals surface area contributed by atoms with Crippen molar-refractivity contribution in [3.63, 3.8) is 0 Å². The second-order valence-corrected chi connectivity index (χ2v) is 4.35. The molecule has 0 saturated carbocycles. The van der Waals surface area contributed by atoms with Crippen LogP contribution in [0.1, 0.15) is 18.3 Å². The van der Waals surface area contributed by atoms with Gasteiger partial charge in [-0.3, -0.25) is 0 Å². The van der Waals surface area contributed by atoms with Gasteiger partial charge in [0.05, 0.1) is 6.54 Å². The molecule has 0 radical (unpaired) electrons. The van der Waals surface area contributed by atoms with Crippen LogP contribution in [0.3, 0.4) is 0 Å². The predicted molar refractivity (Wildman–Crippen MR) is 72.3 cm³/mol. The quantitative estimate of drug-likeness (QED) is 0.725. The van der Waals surface area contributed by atoms with Crippen LogP contribution in [0.2, 0.25) is 0 Å². The normalized spacial score (nSPS) is 11.2. The van der Waals surface area contributed by atoms with E-state index in [-0.39, 0.29) is 0 Å². The summed E-state index contributed by atoms with van der Waals surface area (Å²) in [5, 5.41) is 12.6. The minimum atomic E-state index is 0.709. The molecule has 0 aliphatic heterocycles. The number of aromatic nitrogens is 5. The summed E-state index contributed by atoms with van der Waals surface area (Å²) in [6.07, 6.45) is 5.54. The highest BCUT2D eigenvalue weighted by molar-refractivity contribution is 5.79. The van der Waals surface area contributed by atoms with Gasteiger partial charge in [-0.05, 0) is 24.6 Å². The molecule has 6 heteroatoms. The van der Waals surface area contributed by atoms with E-state index in [1.54, 1.807) is 12.5 Å². The monoisotopic (exact) mass is 256 g/mol. The van der Waals surface area contributed by atoms with Crippen LogP contribution >= 0.6 is 0 Å². The Labute approximate surface area is 110 Å². The molecule has 2 N–H and O–H groups in total.